The van der Waals surface area contributed by atoms with Crippen LogP contribution in [-0.4, -0.2) is 50.2 Å². The highest BCUT2D eigenvalue weighted by Crippen LogP contribution is 2.32. The Labute approximate surface area is 96.5 Å². The largest absolute Gasteiger partial charge is 0.394 e. The van der Waals surface area contributed by atoms with Gasteiger partial charge in [-0.2, -0.15) is 0 Å². The molecule has 16 heavy (non-hydrogen) atoms. The second-order valence-electron chi connectivity index (χ2n) is 3.54. The lowest BCUT2D eigenvalue weighted by molar-refractivity contribution is -0.0229. The summed E-state index contributed by atoms with van der Waals surface area (Å²) in [5, 5.41) is 28.3. The van der Waals surface area contributed by atoms with Crippen molar-refractivity contribution in [2.45, 2.75) is 24.4 Å². The molecule has 1 aromatic rings. The summed E-state index contributed by atoms with van der Waals surface area (Å²) < 4.78 is 5.29. The fraction of sp³-hybridized carbons (Fsp3) is 0.556. The second-order valence-corrected chi connectivity index (χ2v) is 3.88. The molecule has 6 nitrogen and oxygen atoms in total. The lowest BCUT2D eigenvalue weighted by Crippen LogP contribution is -2.32. The van der Waals surface area contributed by atoms with Gasteiger partial charge in [0.1, 0.15) is 24.4 Å². The van der Waals surface area contributed by atoms with Crippen LogP contribution in [0.3, 0.4) is 0 Å². The van der Waals surface area contributed by atoms with E-state index in [1.54, 1.807) is 0 Å². The Hall–Kier alpha value is -0.790. The van der Waals surface area contributed by atoms with E-state index in [0.29, 0.717) is 5.56 Å². The summed E-state index contributed by atoms with van der Waals surface area (Å²) in [6, 6.07) is 0. The lowest BCUT2D eigenvalue weighted by atomic mass is 10.0. The molecule has 88 valence electrons. The topological polar surface area (TPSA) is 95.7 Å². The Bertz CT molecular complexity index is 361. The monoisotopic (exact) mass is 246 g/mol. The van der Waals surface area contributed by atoms with Crippen LogP contribution in [0.1, 0.15) is 11.7 Å². The number of halogens is 1. The normalized spacial score (nSPS) is 34.2. The maximum Gasteiger partial charge on any atom is 0.222 e. The molecule has 0 spiro atoms. The van der Waals surface area contributed by atoms with Gasteiger partial charge in [0.25, 0.3) is 0 Å². The Balaban J connectivity index is 2.19. The Morgan fingerprint density at radius 3 is 2.38 bits per heavy atom. The van der Waals surface area contributed by atoms with E-state index in [1.807, 2.05) is 0 Å². The summed E-state index contributed by atoms with van der Waals surface area (Å²) in [6.45, 7) is -0.358. The van der Waals surface area contributed by atoms with Crippen molar-refractivity contribution in [1.29, 1.82) is 0 Å². The molecule has 1 fully saturated rings. The third-order valence-corrected chi connectivity index (χ3v) is 2.71. The van der Waals surface area contributed by atoms with E-state index in [-0.39, 0.29) is 11.9 Å². The molecule has 1 aliphatic rings. The predicted molar refractivity (Wildman–Crippen MR) is 53.8 cm³/mol. The third kappa shape index (κ3) is 2.02. The molecule has 1 aliphatic heterocycles. The smallest absolute Gasteiger partial charge is 0.222 e. The van der Waals surface area contributed by atoms with Crippen molar-refractivity contribution in [2.75, 3.05) is 6.61 Å². The average molecular weight is 247 g/mol. The van der Waals surface area contributed by atoms with Crippen LogP contribution in [0, 0.1) is 0 Å². The molecule has 0 aromatic carbocycles. The first-order chi connectivity index (χ1) is 7.63. The highest BCUT2D eigenvalue weighted by atomic mass is 35.5. The zero-order valence-corrected chi connectivity index (χ0v) is 8.95. The van der Waals surface area contributed by atoms with Crippen LogP contribution in [0.4, 0.5) is 0 Å². The molecule has 0 unspecified atom stereocenters. The number of nitrogens with zero attached hydrogens (tertiary/aromatic N) is 2. The van der Waals surface area contributed by atoms with E-state index >= 15 is 0 Å². The molecular weight excluding hydrogens is 236 g/mol. The molecule has 0 radical (unpaired) electrons. The van der Waals surface area contributed by atoms with Crippen LogP contribution in [0.25, 0.3) is 0 Å². The van der Waals surface area contributed by atoms with E-state index in [4.69, 9.17) is 21.4 Å². The molecule has 7 heteroatoms. The molecule has 2 rings (SSSR count). The van der Waals surface area contributed by atoms with Crippen molar-refractivity contribution in [3.63, 3.8) is 0 Å². The summed E-state index contributed by atoms with van der Waals surface area (Å²) in [7, 11) is 0. The number of aliphatic hydroxyl groups is 3. The molecule has 1 aromatic heterocycles. The highest BCUT2D eigenvalue weighted by molar-refractivity contribution is 6.28. The average Bonchev–Trinajstić information content (AvgIpc) is 2.57. The van der Waals surface area contributed by atoms with E-state index in [9.17, 15) is 10.2 Å². The number of hydrogen-bond acceptors (Lipinski definition) is 6. The zero-order valence-electron chi connectivity index (χ0n) is 8.19. The van der Waals surface area contributed by atoms with E-state index in [1.165, 1.54) is 12.4 Å². The molecule has 0 saturated carbocycles. The van der Waals surface area contributed by atoms with Crippen LogP contribution in [0.2, 0.25) is 5.28 Å². The number of hydrogen-bond donors (Lipinski definition) is 3. The Kier molecular flexibility index (Phi) is 3.36. The number of aromatic nitrogens is 2. The maximum atomic E-state index is 9.71. The van der Waals surface area contributed by atoms with Crippen molar-refractivity contribution < 1.29 is 20.1 Å². The molecule has 2 heterocycles. The summed E-state index contributed by atoms with van der Waals surface area (Å²) in [6.07, 6.45) is -0.946. The third-order valence-electron chi connectivity index (χ3n) is 2.51. The van der Waals surface area contributed by atoms with Crippen molar-refractivity contribution in [3.8, 4) is 0 Å². The van der Waals surface area contributed by atoms with Gasteiger partial charge in [-0.05, 0) is 11.6 Å². The van der Waals surface area contributed by atoms with E-state index < -0.39 is 24.4 Å². The van der Waals surface area contributed by atoms with E-state index in [0.717, 1.165) is 0 Å². The van der Waals surface area contributed by atoms with Gasteiger partial charge in [-0.15, -0.1) is 0 Å². The fourth-order valence-electron chi connectivity index (χ4n) is 1.64. The lowest BCUT2D eigenvalue weighted by Gasteiger charge is -2.13. The quantitative estimate of drug-likeness (QED) is 0.597. The SMILES string of the molecule is OC[C@H]1O[C@@H](c2cnc(Cl)nc2)[C@H](O)[C@@H]1O. The minimum Gasteiger partial charge on any atom is -0.394 e. The first kappa shape index (κ1) is 11.7. The van der Waals surface area contributed by atoms with Crippen LogP contribution >= 0.6 is 11.6 Å². The molecule has 1 saturated heterocycles. The number of ether oxygens (including phenoxy) is 1. The van der Waals surface area contributed by atoms with Gasteiger partial charge in [0.15, 0.2) is 0 Å². The van der Waals surface area contributed by atoms with Crippen LogP contribution < -0.4 is 0 Å². The molecule has 0 aliphatic carbocycles. The van der Waals surface area contributed by atoms with E-state index in [2.05, 4.69) is 9.97 Å². The fourth-order valence-corrected chi connectivity index (χ4v) is 1.74. The minimum atomic E-state index is -1.12. The molecule has 3 N–H and O–H groups in total. The van der Waals surface area contributed by atoms with Gasteiger partial charge in [-0.3, -0.25) is 0 Å². The molecule has 0 bridgehead atoms. The molecular formula is C9H11ClN2O4. The van der Waals surface area contributed by atoms with Gasteiger partial charge < -0.3 is 20.1 Å². The second kappa shape index (κ2) is 4.60. The van der Waals surface area contributed by atoms with Crippen molar-refractivity contribution in [1.82, 2.24) is 9.97 Å². The van der Waals surface area contributed by atoms with Crippen LogP contribution in [-0.2, 0) is 4.74 Å². The first-order valence-corrected chi connectivity index (χ1v) is 5.11. The van der Waals surface area contributed by atoms with Crippen molar-refractivity contribution >= 4 is 11.6 Å². The summed E-state index contributed by atoms with van der Waals surface area (Å²) in [5.41, 5.74) is 0.506. The van der Waals surface area contributed by atoms with Gasteiger partial charge in [-0.1, -0.05) is 0 Å². The van der Waals surface area contributed by atoms with Gasteiger partial charge in [-0.25, -0.2) is 9.97 Å². The molecule has 4 atom stereocenters. The van der Waals surface area contributed by atoms with Crippen LogP contribution in [0.15, 0.2) is 12.4 Å². The summed E-state index contributed by atoms with van der Waals surface area (Å²) >= 11 is 5.52. The van der Waals surface area contributed by atoms with Crippen LogP contribution in [0.5, 0.6) is 0 Å². The van der Waals surface area contributed by atoms with Gasteiger partial charge in [0, 0.05) is 18.0 Å². The van der Waals surface area contributed by atoms with Gasteiger partial charge >= 0.3 is 0 Å². The molecule has 0 amide bonds. The highest BCUT2D eigenvalue weighted by Gasteiger charge is 2.43. The summed E-state index contributed by atoms with van der Waals surface area (Å²) in [4.78, 5) is 7.51. The summed E-state index contributed by atoms with van der Waals surface area (Å²) in [5.74, 6) is 0. The number of aliphatic hydroxyl groups excluding tert-OH is 3. The predicted octanol–water partition coefficient (Wildman–Crippen LogP) is -0.716. The maximum absolute atomic E-state index is 9.71. The Morgan fingerprint density at radius 2 is 1.88 bits per heavy atom. The zero-order chi connectivity index (χ0) is 11.7. The first-order valence-electron chi connectivity index (χ1n) is 4.73. The standard InChI is InChI=1S/C9H11ClN2O4/c10-9-11-1-4(2-12-9)8-7(15)6(14)5(3-13)16-8/h1-2,5-8,13-15H,3H2/t5-,6-,7-,8+/m1/s1. The Morgan fingerprint density at radius 1 is 1.25 bits per heavy atom. The van der Waals surface area contributed by atoms with Gasteiger partial charge in [0.2, 0.25) is 5.28 Å². The van der Waals surface area contributed by atoms with Crippen molar-refractivity contribution in [2.24, 2.45) is 0 Å². The van der Waals surface area contributed by atoms with Gasteiger partial charge in [0.05, 0.1) is 6.61 Å². The van der Waals surface area contributed by atoms with Crippen molar-refractivity contribution in [3.05, 3.63) is 23.2 Å². The minimum absolute atomic E-state index is 0.0930. The number of rotatable bonds is 2.